The molecular formula is C26H22FNO4. The highest BCUT2D eigenvalue weighted by Gasteiger charge is 2.28. The van der Waals surface area contributed by atoms with E-state index in [0.717, 1.165) is 11.1 Å². The SMILES string of the molecule is COC(=O)c1cc(C=CCNC(=O)OCC2c3ccccc3-c3ccccc32)ccc1F. The Balaban J connectivity index is 1.32. The van der Waals surface area contributed by atoms with Gasteiger partial charge in [0.1, 0.15) is 12.4 Å². The van der Waals surface area contributed by atoms with Crippen molar-refractivity contribution >= 4 is 18.1 Å². The van der Waals surface area contributed by atoms with Gasteiger partial charge in [-0.15, -0.1) is 0 Å². The van der Waals surface area contributed by atoms with Gasteiger partial charge in [0.2, 0.25) is 0 Å². The molecule has 6 heteroatoms. The molecule has 3 aromatic carbocycles. The lowest BCUT2D eigenvalue weighted by Crippen LogP contribution is -2.26. The molecule has 0 saturated carbocycles. The highest BCUT2D eigenvalue weighted by Crippen LogP contribution is 2.44. The first kappa shape index (κ1) is 21.3. The van der Waals surface area contributed by atoms with Gasteiger partial charge in [0, 0.05) is 12.5 Å². The number of hydrogen-bond acceptors (Lipinski definition) is 4. The molecule has 1 aliphatic rings. The number of nitrogens with one attached hydrogen (secondary N) is 1. The standard InChI is InChI=1S/C26H22FNO4/c1-31-25(29)22-15-17(12-13-24(22)27)7-6-14-28-26(30)32-16-23-20-10-4-2-8-18(20)19-9-3-5-11-21(19)23/h2-13,15,23H,14,16H2,1H3,(H,28,30). The third kappa shape index (κ3) is 4.39. The monoisotopic (exact) mass is 431 g/mol. The van der Waals surface area contributed by atoms with Gasteiger partial charge in [-0.3, -0.25) is 0 Å². The quantitative estimate of drug-likeness (QED) is 0.548. The second-order valence-electron chi connectivity index (χ2n) is 7.34. The molecule has 0 bridgehead atoms. The van der Waals surface area contributed by atoms with Crippen molar-refractivity contribution in [2.75, 3.05) is 20.3 Å². The third-order valence-electron chi connectivity index (χ3n) is 5.41. The predicted octanol–water partition coefficient (Wildman–Crippen LogP) is 5.16. The van der Waals surface area contributed by atoms with E-state index in [-0.39, 0.29) is 24.6 Å². The zero-order valence-electron chi connectivity index (χ0n) is 17.5. The second kappa shape index (κ2) is 9.47. The zero-order valence-corrected chi connectivity index (χ0v) is 17.5. The minimum atomic E-state index is -0.741. The summed E-state index contributed by atoms with van der Waals surface area (Å²) in [6.45, 7) is 0.464. The van der Waals surface area contributed by atoms with Crippen LogP contribution in [0.15, 0.2) is 72.8 Å². The van der Waals surface area contributed by atoms with Crippen molar-refractivity contribution in [3.8, 4) is 11.1 Å². The molecular weight excluding hydrogens is 409 g/mol. The number of carbonyl (C=O) groups excluding carboxylic acids is 2. The van der Waals surface area contributed by atoms with E-state index in [0.29, 0.717) is 5.56 Å². The summed E-state index contributed by atoms with van der Waals surface area (Å²) in [6.07, 6.45) is 2.84. The minimum Gasteiger partial charge on any atom is -0.465 e. The molecule has 1 aliphatic carbocycles. The van der Waals surface area contributed by atoms with Gasteiger partial charge in [-0.05, 0) is 39.9 Å². The Bertz CT molecular complexity index is 1140. The van der Waals surface area contributed by atoms with Gasteiger partial charge in [-0.1, -0.05) is 66.7 Å². The first-order valence-corrected chi connectivity index (χ1v) is 10.2. The molecule has 0 atom stereocenters. The molecule has 4 rings (SSSR count). The minimum absolute atomic E-state index is 0.000324. The summed E-state index contributed by atoms with van der Waals surface area (Å²) in [4.78, 5) is 23.8. The zero-order chi connectivity index (χ0) is 22.5. The molecule has 5 nitrogen and oxygen atoms in total. The van der Waals surface area contributed by atoms with Crippen LogP contribution in [-0.4, -0.2) is 32.3 Å². The van der Waals surface area contributed by atoms with E-state index >= 15 is 0 Å². The van der Waals surface area contributed by atoms with E-state index in [4.69, 9.17) is 4.74 Å². The molecule has 0 unspecified atom stereocenters. The number of methoxy groups -OCH3 is 1. The number of esters is 1. The van der Waals surface area contributed by atoms with Gasteiger partial charge in [0.15, 0.2) is 0 Å². The van der Waals surface area contributed by atoms with Gasteiger partial charge in [-0.25, -0.2) is 14.0 Å². The summed E-state index contributed by atoms with van der Waals surface area (Å²) in [5.41, 5.74) is 5.12. The molecule has 162 valence electrons. The molecule has 0 heterocycles. The van der Waals surface area contributed by atoms with E-state index < -0.39 is 17.9 Å². The molecule has 0 spiro atoms. The molecule has 1 N–H and O–H groups in total. The summed E-state index contributed by atoms with van der Waals surface area (Å²) in [5, 5.41) is 2.67. The molecule has 3 aromatic rings. The number of hydrogen-bond donors (Lipinski definition) is 1. The van der Waals surface area contributed by atoms with Crippen LogP contribution >= 0.6 is 0 Å². The van der Waals surface area contributed by atoms with Gasteiger partial charge in [0.25, 0.3) is 0 Å². The smallest absolute Gasteiger partial charge is 0.407 e. The Morgan fingerprint density at radius 3 is 2.31 bits per heavy atom. The van der Waals surface area contributed by atoms with Crippen molar-refractivity contribution in [2.45, 2.75) is 5.92 Å². The van der Waals surface area contributed by atoms with Gasteiger partial charge < -0.3 is 14.8 Å². The highest BCUT2D eigenvalue weighted by atomic mass is 19.1. The van der Waals surface area contributed by atoms with E-state index in [1.165, 1.54) is 36.4 Å². The number of ether oxygens (including phenoxy) is 2. The van der Waals surface area contributed by atoms with Gasteiger partial charge >= 0.3 is 12.1 Å². The summed E-state index contributed by atoms with van der Waals surface area (Å²) in [6, 6.07) is 20.4. The number of alkyl carbamates (subject to hydrolysis) is 1. The maximum Gasteiger partial charge on any atom is 0.407 e. The van der Waals surface area contributed by atoms with E-state index in [9.17, 15) is 14.0 Å². The van der Waals surface area contributed by atoms with Crippen molar-refractivity contribution in [1.82, 2.24) is 5.32 Å². The molecule has 1 amide bonds. The number of fused-ring (bicyclic) bond motifs is 3. The van der Waals surface area contributed by atoms with E-state index in [2.05, 4.69) is 34.3 Å². The van der Waals surface area contributed by atoms with Crippen LogP contribution in [0, 0.1) is 5.82 Å². The van der Waals surface area contributed by atoms with Crippen molar-refractivity contribution in [1.29, 1.82) is 0 Å². The normalized spacial score (nSPS) is 12.3. The van der Waals surface area contributed by atoms with Crippen LogP contribution in [0.1, 0.15) is 33.0 Å². The van der Waals surface area contributed by atoms with Crippen molar-refractivity contribution < 1.29 is 23.5 Å². The van der Waals surface area contributed by atoms with Gasteiger partial charge in [0.05, 0.1) is 12.7 Å². The van der Waals surface area contributed by atoms with Crippen LogP contribution in [0.4, 0.5) is 9.18 Å². The van der Waals surface area contributed by atoms with Crippen LogP contribution in [0.5, 0.6) is 0 Å². The van der Waals surface area contributed by atoms with Crippen molar-refractivity contribution in [3.05, 3.63) is 101 Å². The lowest BCUT2D eigenvalue weighted by Gasteiger charge is -2.14. The average molecular weight is 431 g/mol. The summed E-state index contributed by atoms with van der Waals surface area (Å²) in [5.74, 6) is -1.39. The highest BCUT2D eigenvalue weighted by molar-refractivity contribution is 5.90. The predicted molar refractivity (Wildman–Crippen MR) is 120 cm³/mol. The molecule has 0 radical (unpaired) electrons. The fourth-order valence-corrected chi connectivity index (χ4v) is 3.90. The van der Waals surface area contributed by atoms with Crippen LogP contribution in [0.25, 0.3) is 17.2 Å². The van der Waals surface area contributed by atoms with Crippen LogP contribution in [0.3, 0.4) is 0 Å². The Labute approximate surface area is 185 Å². The summed E-state index contributed by atoms with van der Waals surface area (Å²) >= 11 is 0. The fraction of sp³-hybridized carbons (Fsp3) is 0.154. The second-order valence-corrected chi connectivity index (χ2v) is 7.34. The largest absolute Gasteiger partial charge is 0.465 e. The molecule has 32 heavy (non-hydrogen) atoms. The third-order valence-corrected chi connectivity index (χ3v) is 5.41. The summed E-state index contributed by atoms with van der Waals surface area (Å²) < 4.78 is 23.7. The van der Waals surface area contributed by atoms with Crippen molar-refractivity contribution in [2.24, 2.45) is 0 Å². The topological polar surface area (TPSA) is 64.6 Å². The maximum atomic E-state index is 13.7. The maximum absolute atomic E-state index is 13.7. The Morgan fingerprint density at radius 1 is 1.00 bits per heavy atom. The Kier molecular flexibility index (Phi) is 6.31. The Hall–Kier alpha value is -3.93. The van der Waals surface area contributed by atoms with Crippen LogP contribution in [0.2, 0.25) is 0 Å². The van der Waals surface area contributed by atoms with Crippen LogP contribution in [-0.2, 0) is 9.47 Å². The Morgan fingerprint density at radius 2 is 1.66 bits per heavy atom. The first-order chi connectivity index (χ1) is 15.6. The molecule has 0 aromatic heterocycles. The van der Waals surface area contributed by atoms with E-state index in [1.807, 2.05) is 24.3 Å². The van der Waals surface area contributed by atoms with Crippen molar-refractivity contribution in [3.63, 3.8) is 0 Å². The number of amides is 1. The number of halogens is 1. The van der Waals surface area contributed by atoms with E-state index in [1.54, 1.807) is 12.2 Å². The number of rotatable bonds is 6. The summed E-state index contributed by atoms with van der Waals surface area (Å²) in [7, 11) is 1.20. The van der Waals surface area contributed by atoms with Crippen LogP contribution < -0.4 is 5.32 Å². The number of carbonyl (C=O) groups is 2. The first-order valence-electron chi connectivity index (χ1n) is 10.2. The lowest BCUT2D eigenvalue weighted by molar-refractivity contribution is 0.0595. The average Bonchev–Trinajstić information content (AvgIpc) is 3.14. The fourth-order valence-electron chi connectivity index (χ4n) is 3.90. The molecule has 0 fully saturated rings. The molecule has 0 aliphatic heterocycles. The molecule has 0 saturated heterocycles. The van der Waals surface area contributed by atoms with Gasteiger partial charge in [-0.2, -0.15) is 0 Å². The lowest BCUT2D eigenvalue weighted by atomic mass is 9.98. The number of benzene rings is 3.